The smallest absolute Gasteiger partial charge is 0.195 e. The Bertz CT molecular complexity index is 2040. The Morgan fingerprint density at radius 3 is 1.63 bits per heavy atom. The molecule has 1 aliphatic rings. The van der Waals surface area contributed by atoms with Gasteiger partial charge >= 0.3 is 0 Å². The summed E-state index contributed by atoms with van der Waals surface area (Å²) >= 11 is 1.67. The number of fused-ring (bicyclic) bond motifs is 4. The van der Waals surface area contributed by atoms with E-state index in [1.54, 1.807) is 11.3 Å². The van der Waals surface area contributed by atoms with Crippen LogP contribution in [-0.4, -0.2) is 0 Å². The molecule has 0 spiro atoms. The third-order valence-corrected chi connectivity index (χ3v) is 9.46. The van der Waals surface area contributed by atoms with Crippen molar-refractivity contribution in [3.05, 3.63) is 184 Å². The number of benzene rings is 6. The van der Waals surface area contributed by atoms with Crippen molar-refractivity contribution >= 4 is 48.6 Å². The van der Waals surface area contributed by atoms with Gasteiger partial charge in [-0.05, 0) is 64.7 Å². The minimum atomic E-state index is -0.496. The lowest BCUT2D eigenvalue weighted by Crippen LogP contribution is -2.37. The van der Waals surface area contributed by atoms with Crippen LogP contribution in [0.2, 0.25) is 0 Å². The van der Waals surface area contributed by atoms with E-state index in [1.165, 1.54) is 22.3 Å². The molecule has 0 atom stereocenters. The molecule has 2 nitrogen and oxygen atoms in total. The van der Waals surface area contributed by atoms with Gasteiger partial charge in [-0.3, -0.25) is 4.79 Å². The van der Waals surface area contributed by atoms with Crippen LogP contribution in [0.3, 0.4) is 0 Å². The molecule has 0 radical (unpaired) electrons. The summed E-state index contributed by atoms with van der Waals surface area (Å²) in [5, 5.41) is 1.54. The van der Waals surface area contributed by atoms with E-state index in [9.17, 15) is 4.79 Å². The molecule has 0 N–H and O–H groups in total. The van der Waals surface area contributed by atoms with E-state index >= 15 is 0 Å². The van der Waals surface area contributed by atoms with Crippen LogP contribution in [0.4, 0.5) is 17.1 Å². The third kappa shape index (κ3) is 3.46. The monoisotopic (exact) mass is 543 g/mol. The van der Waals surface area contributed by atoms with Gasteiger partial charge in [-0.15, -0.1) is 11.3 Å². The number of anilines is 3. The maximum absolute atomic E-state index is 13.4. The van der Waals surface area contributed by atoms with Crippen molar-refractivity contribution in [1.82, 2.24) is 0 Å². The zero-order valence-electron chi connectivity index (χ0n) is 22.2. The second kappa shape index (κ2) is 9.29. The Balaban J connectivity index is 1.45. The number of rotatable bonds is 3. The first-order chi connectivity index (χ1) is 20.3. The highest BCUT2D eigenvalue weighted by Crippen LogP contribution is 2.57. The zero-order valence-corrected chi connectivity index (χ0v) is 23.0. The number of hydrogen-bond acceptors (Lipinski definition) is 3. The molecular weight excluding hydrogens is 518 g/mol. The molecule has 0 aliphatic carbocycles. The lowest BCUT2D eigenvalue weighted by atomic mass is 9.62. The fourth-order valence-corrected chi connectivity index (χ4v) is 7.72. The quantitative estimate of drug-likeness (QED) is 0.207. The number of hydrogen-bond donors (Lipinski definition) is 0. The molecule has 0 saturated carbocycles. The van der Waals surface area contributed by atoms with Gasteiger partial charge in [0.2, 0.25) is 0 Å². The first kappa shape index (κ1) is 23.9. The Morgan fingerprint density at radius 1 is 0.488 bits per heavy atom. The molecule has 0 fully saturated rings. The van der Waals surface area contributed by atoms with Crippen molar-refractivity contribution in [2.24, 2.45) is 0 Å². The predicted molar refractivity (Wildman–Crippen MR) is 172 cm³/mol. The number of nitrogens with zero attached hydrogens (tertiary/aromatic N) is 1. The molecule has 0 unspecified atom stereocenters. The van der Waals surface area contributed by atoms with Crippen LogP contribution in [-0.2, 0) is 5.41 Å². The molecule has 0 saturated heterocycles. The minimum absolute atomic E-state index is 0.0903. The van der Waals surface area contributed by atoms with Crippen LogP contribution in [0, 0.1) is 0 Å². The maximum atomic E-state index is 13.4. The Hall–Kier alpha value is -4.99. The second-order valence-corrected chi connectivity index (χ2v) is 11.5. The van der Waals surface area contributed by atoms with Crippen molar-refractivity contribution in [2.75, 3.05) is 4.90 Å². The molecule has 7 aromatic rings. The van der Waals surface area contributed by atoms with Crippen LogP contribution in [0.1, 0.15) is 22.3 Å². The highest BCUT2D eigenvalue weighted by atomic mass is 32.1. The van der Waals surface area contributed by atoms with Gasteiger partial charge in [0.25, 0.3) is 0 Å². The van der Waals surface area contributed by atoms with Crippen LogP contribution in [0.5, 0.6) is 0 Å². The molecule has 3 heteroatoms. The first-order valence-electron chi connectivity index (χ1n) is 13.8. The minimum Gasteiger partial charge on any atom is -0.310 e. The molecule has 1 aromatic heterocycles. The third-order valence-electron chi connectivity index (χ3n) is 8.33. The van der Waals surface area contributed by atoms with Gasteiger partial charge in [0.05, 0.1) is 16.8 Å². The normalized spacial score (nSPS) is 13.6. The van der Waals surface area contributed by atoms with E-state index in [0.717, 1.165) is 37.2 Å². The van der Waals surface area contributed by atoms with E-state index in [-0.39, 0.29) is 5.43 Å². The topological polar surface area (TPSA) is 20.3 Å². The van der Waals surface area contributed by atoms with Gasteiger partial charge in [0, 0.05) is 25.9 Å². The Morgan fingerprint density at radius 2 is 1.00 bits per heavy atom. The molecule has 6 aromatic carbocycles. The van der Waals surface area contributed by atoms with Crippen molar-refractivity contribution < 1.29 is 0 Å². The molecule has 0 bridgehead atoms. The summed E-state index contributed by atoms with van der Waals surface area (Å²) < 4.78 is 2.00. The highest BCUT2D eigenvalue weighted by Gasteiger charge is 2.46. The van der Waals surface area contributed by atoms with Crippen molar-refractivity contribution in [3.63, 3.8) is 0 Å². The summed E-state index contributed by atoms with van der Waals surface area (Å²) in [6, 6.07) is 53.3. The fraction of sp³-hybridized carbons (Fsp3) is 0.0263. The van der Waals surface area contributed by atoms with Crippen molar-refractivity contribution in [2.45, 2.75) is 5.41 Å². The molecule has 194 valence electrons. The average Bonchev–Trinajstić information content (AvgIpc) is 3.04. The van der Waals surface area contributed by atoms with Gasteiger partial charge in [-0.1, -0.05) is 109 Å². The van der Waals surface area contributed by atoms with Gasteiger partial charge in [0.15, 0.2) is 5.43 Å². The Labute approximate surface area is 242 Å². The Kier molecular flexibility index (Phi) is 5.41. The lowest BCUT2D eigenvalue weighted by Gasteiger charge is -2.46. The van der Waals surface area contributed by atoms with Crippen LogP contribution >= 0.6 is 11.3 Å². The van der Waals surface area contributed by atoms with Gasteiger partial charge in [-0.25, -0.2) is 0 Å². The van der Waals surface area contributed by atoms with Crippen molar-refractivity contribution in [1.29, 1.82) is 0 Å². The van der Waals surface area contributed by atoms with Gasteiger partial charge in [-0.2, -0.15) is 0 Å². The van der Waals surface area contributed by atoms with E-state index in [1.807, 2.05) is 30.3 Å². The van der Waals surface area contributed by atoms with E-state index in [0.29, 0.717) is 0 Å². The molecule has 8 rings (SSSR count). The summed E-state index contributed by atoms with van der Waals surface area (Å²) in [6.07, 6.45) is 0. The van der Waals surface area contributed by atoms with Crippen LogP contribution in [0.25, 0.3) is 20.2 Å². The predicted octanol–water partition coefficient (Wildman–Crippen LogP) is 9.58. The largest absolute Gasteiger partial charge is 0.310 e. The molecule has 2 heterocycles. The summed E-state index contributed by atoms with van der Waals surface area (Å²) in [5.41, 5.74) is 7.81. The summed E-state index contributed by atoms with van der Waals surface area (Å²) in [5.74, 6) is 0. The van der Waals surface area contributed by atoms with Crippen LogP contribution < -0.4 is 10.3 Å². The fourth-order valence-electron chi connectivity index (χ4n) is 6.62. The van der Waals surface area contributed by atoms with E-state index < -0.39 is 5.41 Å². The summed E-state index contributed by atoms with van der Waals surface area (Å²) in [6.45, 7) is 0. The SMILES string of the molecule is O=c1c2ccccc2sc2cc(N3c4ccccc4C(c4ccccc4)(c4ccccc4)c4ccccc43)ccc12. The highest BCUT2D eigenvalue weighted by molar-refractivity contribution is 7.24. The van der Waals surface area contributed by atoms with Crippen LogP contribution in [0.15, 0.2) is 156 Å². The molecule has 1 aliphatic heterocycles. The average molecular weight is 544 g/mol. The summed E-state index contributed by atoms with van der Waals surface area (Å²) in [4.78, 5) is 15.7. The zero-order chi connectivity index (χ0) is 27.4. The standard InChI is InChI=1S/C38H25NOS/c40-37-29-17-7-12-22-35(29)41-36-25-28(23-24-30(36)37)39-33-20-10-8-18-31(33)38(26-13-3-1-4-14-26,27-15-5-2-6-16-27)32-19-9-11-21-34(32)39/h1-25H. The maximum Gasteiger partial charge on any atom is 0.195 e. The number of para-hydroxylation sites is 2. The molecule has 41 heavy (non-hydrogen) atoms. The summed E-state index contributed by atoms with van der Waals surface area (Å²) in [7, 11) is 0. The second-order valence-electron chi connectivity index (χ2n) is 10.5. The first-order valence-corrected chi connectivity index (χ1v) is 14.6. The van der Waals surface area contributed by atoms with Gasteiger partial charge in [0.1, 0.15) is 0 Å². The van der Waals surface area contributed by atoms with Crippen molar-refractivity contribution in [3.8, 4) is 0 Å². The molecule has 0 amide bonds. The lowest BCUT2D eigenvalue weighted by molar-refractivity contribution is 0.731. The van der Waals surface area contributed by atoms with Gasteiger partial charge < -0.3 is 4.90 Å². The molecular formula is C38H25NOS. The van der Waals surface area contributed by atoms with E-state index in [2.05, 4.69) is 126 Å². The van der Waals surface area contributed by atoms with E-state index in [4.69, 9.17) is 0 Å².